The van der Waals surface area contributed by atoms with E-state index in [1.807, 2.05) is 11.3 Å². The Morgan fingerprint density at radius 2 is 0.825 bits per heavy atom. The molecule has 0 bridgehead atoms. The first-order valence-corrected chi connectivity index (χ1v) is 22.3. The van der Waals surface area contributed by atoms with E-state index in [4.69, 9.17) is 0 Å². The first kappa shape index (κ1) is 36.8. The van der Waals surface area contributed by atoms with Crippen LogP contribution < -0.4 is 4.90 Å². The van der Waals surface area contributed by atoms with E-state index in [0.717, 1.165) is 28.3 Å². The van der Waals surface area contributed by atoms with Crippen molar-refractivity contribution >= 4 is 70.4 Å². The maximum atomic E-state index is 2.43. The fourth-order valence-electron chi connectivity index (χ4n) is 9.52. The fourth-order valence-corrected chi connectivity index (χ4v) is 10.7. The predicted octanol–water partition coefficient (Wildman–Crippen LogP) is 17.3. The van der Waals surface area contributed by atoms with E-state index >= 15 is 0 Å². The molecule has 0 spiro atoms. The van der Waals surface area contributed by atoms with Crippen LogP contribution in [0.15, 0.2) is 243 Å². The zero-order valence-corrected chi connectivity index (χ0v) is 35.2. The molecule has 2 heterocycles. The first-order valence-electron chi connectivity index (χ1n) is 21.5. The van der Waals surface area contributed by atoms with E-state index in [1.54, 1.807) is 0 Å². The molecule has 0 aliphatic heterocycles. The molecule has 0 fully saturated rings. The van der Waals surface area contributed by atoms with Crippen LogP contribution in [0.1, 0.15) is 0 Å². The van der Waals surface area contributed by atoms with E-state index in [1.165, 1.54) is 81.0 Å². The van der Waals surface area contributed by atoms with Gasteiger partial charge in [0.05, 0.1) is 11.0 Å². The summed E-state index contributed by atoms with van der Waals surface area (Å²) in [5.74, 6) is 0. The minimum Gasteiger partial charge on any atom is -0.310 e. The second-order valence-electron chi connectivity index (χ2n) is 16.1. The van der Waals surface area contributed by atoms with Gasteiger partial charge in [0.15, 0.2) is 0 Å². The molecule has 12 aromatic rings. The molecule has 0 aliphatic rings. The van der Waals surface area contributed by atoms with Crippen molar-refractivity contribution in [2.24, 2.45) is 0 Å². The van der Waals surface area contributed by atoms with Crippen molar-refractivity contribution in [1.29, 1.82) is 0 Å². The van der Waals surface area contributed by atoms with Gasteiger partial charge in [-0.25, -0.2) is 0 Å². The SMILES string of the molecule is c1ccc(-c2ccccc2-c2ccc(N(c3ccc(-c4cccc5c4sc4ccccc45)c(-c4ccccc4)c3)c3ccc4c5ccccc5n(-c5ccccc5)c4c3)cc2)cc1. The zero-order chi connectivity index (χ0) is 41.7. The number of anilines is 3. The van der Waals surface area contributed by atoms with Crippen molar-refractivity contribution < 1.29 is 0 Å². The minimum absolute atomic E-state index is 1.08. The molecule has 0 aliphatic carbocycles. The minimum atomic E-state index is 1.08. The lowest BCUT2D eigenvalue weighted by Crippen LogP contribution is -2.10. The van der Waals surface area contributed by atoms with Crippen molar-refractivity contribution in [2.45, 2.75) is 0 Å². The predicted molar refractivity (Wildman–Crippen MR) is 270 cm³/mol. The molecular formula is C60H40N2S. The second-order valence-corrected chi connectivity index (χ2v) is 17.1. The molecule has 0 radical (unpaired) electrons. The van der Waals surface area contributed by atoms with E-state index in [2.05, 4.69) is 252 Å². The smallest absolute Gasteiger partial charge is 0.0561 e. The largest absolute Gasteiger partial charge is 0.310 e. The third kappa shape index (κ3) is 6.41. The van der Waals surface area contributed by atoms with Gasteiger partial charge in [-0.3, -0.25) is 0 Å². The maximum Gasteiger partial charge on any atom is 0.0561 e. The number of para-hydroxylation sites is 2. The number of rotatable bonds is 8. The lowest BCUT2D eigenvalue weighted by atomic mass is 9.92. The number of fused-ring (bicyclic) bond motifs is 6. The lowest BCUT2D eigenvalue weighted by Gasteiger charge is -2.27. The van der Waals surface area contributed by atoms with Gasteiger partial charge in [0.2, 0.25) is 0 Å². The Bertz CT molecular complexity index is 3600. The van der Waals surface area contributed by atoms with Gasteiger partial charge in [0.1, 0.15) is 0 Å². The molecule has 0 N–H and O–H groups in total. The van der Waals surface area contributed by atoms with Gasteiger partial charge in [0, 0.05) is 59.3 Å². The third-order valence-corrected chi connectivity index (χ3v) is 13.6. The van der Waals surface area contributed by atoms with Crippen LogP contribution >= 0.6 is 11.3 Å². The molecule has 296 valence electrons. The highest BCUT2D eigenvalue weighted by molar-refractivity contribution is 7.26. The van der Waals surface area contributed by atoms with Crippen molar-refractivity contribution in [3.63, 3.8) is 0 Å². The average Bonchev–Trinajstić information content (AvgIpc) is 3.91. The van der Waals surface area contributed by atoms with Crippen LogP contribution in [0, 0.1) is 0 Å². The topological polar surface area (TPSA) is 8.17 Å². The molecular weight excluding hydrogens is 781 g/mol. The van der Waals surface area contributed by atoms with Gasteiger partial charge < -0.3 is 9.47 Å². The maximum absolute atomic E-state index is 2.43. The summed E-state index contributed by atoms with van der Waals surface area (Å²) >= 11 is 1.88. The van der Waals surface area contributed by atoms with Crippen LogP contribution in [0.3, 0.4) is 0 Å². The molecule has 2 aromatic heterocycles. The second kappa shape index (κ2) is 15.5. The summed E-state index contributed by atoms with van der Waals surface area (Å²) in [4.78, 5) is 2.43. The van der Waals surface area contributed by atoms with Crippen molar-refractivity contribution in [2.75, 3.05) is 4.90 Å². The van der Waals surface area contributed by atoms with Crippen LogP contribution in [0.2, 0.25) is 0 Å². The summed E-state index contributed by atoms with van der Waals surface area (Å²) in [6, 6.07) is 88.4. The molecule has 3 heteroatoms. The van der Waals surface area contributed by atoms with Crippen molar-refractivity contribution in [3.8, 4) is 50.2 Å². The third-order valence-electron chi connectivity index (χ3n) is 12.4. The van der Waals surface area contributed by atoms with E-state index in [9.17, 15) is 0 Å². The summed E-state index contributed by atoms with van der Waals surface area (Å²) in [5, 5.41) is 5.07. The number of hydrogen-bond acceptors (Lipinski definition) is 2. The van der Waals surface area contributed by atoms with Crippen molar-refractivity contribution in [3.05, 3.63) is 243 Å². The van der Waals surface area contributed by atoms with Crippen LogP contribution in [-0.4, -0.2) is 4.57 Å². The number of thiophene rings is 1. The summed E-state index contributed by atoms with van der Waals surface area (Å²) < 4.78 is 5.02. The molecule has 0 saturated carbocycles. The summed E-state index contributed by atoms with van der Waals surface area (Å²) in [5.41, 5.74) is 16.4. The van der Waals surface area contributed by atoms with Crippen LogP contribution in [0.5, 0.6) is 0 Å². The summed E-state index contributed by atoms with van der Waals surface area (Å²) in [6.07, 6.45) is 0. The van der Waals surface area contributed by atoms with Gasteiger partial charge in [-0.1, -0.05) is 182 Å². The van der Waals surface area contributed by atoms with Crippen molar-refractivity contribution in [1.82, 2.24) is 4.57 Å². The van der Waals surface area contributed by atoms with Gasteiger partial charge in [-0.15, -0.1) is 11.3 Å². The fraction of sp³-hybridized carbons (Fsp3) is 0. The molecule has 12 rings (SSSR count). The van der Waals surface area contributed by atoms with Gasteiger partial charge in [-0.2, -0.15) is 0 Å². The Balaban J connectivity index is 1.08. The van der Waals surface area contributed by atoms with Crippen LogP contribution in [0.4, 0.5) is 17.1 Å². The number of hydrogen-bond donors (Lipinski definition) is 0. The molecule has 0 unspecified atom stereocenters. The summed E-state index contributed by atoms with van der Waals surface area (Å²) in [6.45, 7) is 0. The number of nitrogens with zero attached hydrogens (tertiary/aromatic N) is 2. The van der Waals surface area contributed by atoms with E-state index < -0.39 is 0 Å². The van der Waals surface area contributed by atoms with Gasteiger partial charge in [0.25, 0.3) is 0 Å². The Hall–Kier alpha value is -7.98. The molecule has 63 heavy (non-hydrogen) atoms. The Labute approximate surface area is 370 Å². The molecule has 0 atom stereocenters. The monoisotopic (exact) mass is 820 g/mol. The normalized spacial score (nSPS) is 11.5. The molecule has 0 amide bonds. The van der Waals surface area contributed by atoms with Crippen LogP contribution in [0.25, 0.3) is 92.2 Å². The highest BCUT2D eigenvalue weighted by Crippen LogP contribution is 2.46. The highest BCUT2D eigenvalue weighted by atomic mass is 32.1. The van der Waals surface area contributed by atoms with Gasteiger partial charge >= 0.3 is 0 Å². The quantitative estimate of drug-likeness (QED) is 0.148. The van der Waals surface area contributed by atoms with Gasteiger partial charge in [-0.05, 0) is 99.6 Å². The lowest BCUT2D eigenvalue weighted by molar-refractivity contribution is 1.18. The Kier molecular flexibility index (Phi) is 9.06. The molecule has 10 aromatic carbocycles. The molecule has 0 saturated heterocycles. The number of aromatic nitrogens is 1. The van der Waals surface area contributed by atoms with E-state index in [-0.39, 0.29) is 0 Å². The highest BCUT2D eigenvalue weighted by Gasteiger charge is 2.21. The Morgan fingerprint density at radius 1 is 0.302 bits per heavy atom. The number of benzene rings is 10. The first-order chi connectivity index (χ1) is 31.3. The standard InChI is InChI=1S/C60H40N2S/c1-4-17-41(18-5-1)48-23-10-11-24-49(48)43-31-33-45(34-32-43)61(47-36-38-52-51-25-12-14-29-57(51)62(58(52)40-47)44-21-8-3-9-22-44)46-35-37-50(56(39-46)42-19-6-2-7-20-42)54-27-16-28-55-53-26-13-15-30-59(53)63-60(54)55/h1-40H. The van der Waals surface area contributed by atoms with E-state index in [0.29, 0.717) is 0 Å². The zero-order valence-electron chi connectivity index (χ0n) is 34.4. The summed E-state index contributed by atoms with van der Waals surface area (Å²) in [7, 11) is 0. The molecule has 2 nitrogen and oxygen atoms in total. The van der Waals surface area contributed by atoms with Crippen LogP contribution in [-0.2, 0) is 0 Å². The Morgan fingerprint density at radius 3 is 1.57 bits per heavy atom. The average molecular weight is 821 g/mol.